The fourth-order valence-corrected chi connectivity index (χ4v) is 2.88. The number of amides is 1. The Balaban J connectivity index is 1.62. The summed E-state index contributed by atoms with van der Waals surface area (Å²) >= 11 is 17.3. The predicted molar refractivity (Wildman–Crippen MR) is 112 cm³/mol. The number of thiocarbonyl (C=S) groups is 1. The van der Waals surface area contributed by atoms with Crippen molar-refractivity contribution in [3.63, 3.8) is 0 Å². The Morgan fingerprint density at radius 2 is 1.81 bits per heavy atom. The third kappa shape index (κ3) is 4.80. The van der Waals surface area contributed by atoms with E-state index in [4.69, 9.17) is 39.8 Å². The molecule has 1 aromatic heterocycles. The highest BCUT2D eigenvalue weighted by atomic mass is 35.5. The lowest BCUT2D eigenvalue weighted by molar-refractivity contribution is 0.0917. The fourth-order valence-electron chi connectivity index (χ4n) is 2.33. The Labute approximate surface area is 171 Å². The van der Waals surface area contributed by atoms with Gasteiger partial charge in [-0.2, -0.15) is 0 Å². The number of rotatable bonds is 3. The molecule has 3 N–H and O–H groups in total. The van der Waals surface area contributed by atoms with Gasteiger partial charge in [0.05, 0.1) is 5.02 Å². The van der Waals surface area contributed by atoms with Gasteiger partial charge in [-0.25, -0.2) is 0 Å². The lowest BCUT2D eigenvalue weighted by Crippen LogP contribution is -2.43. The van der Waals surface area contributed by atoms with Crippen molar-refractivity contribution in [3.05, 3.63) is 76.0 Å². The Morgan fingerprint density at radius 1 is 1.04 bits per heavy atom. The average Bonchev–Trinajstić information content (AvgIpc) is 3.13. The summed E-state index contributed by atoms with van der Waals surface area (Å²) in [5.41, 5.74) is 7.61. The van der Waals surface area contributed by atoms with Crippen LogP contribution in [0.2, 0.25) is 10.0 Å². The standard InChI is InChI=1S/C19H15Cl2N3O2S/c1-11-4-2-3-5-15(11)22-19(27)24-23-18(25)17-9-8-16(26-17)13-10-12(20)6-7-14(13)21/h2-10H,1H3,(H,23,25)(H2,22,24,27). The molecule has 3 rings (SSSR count). The van der Waals surface area contributed by atoms with Crippen LogP contribution < -0.4 is 16.2 Å². The Morgan fingerprint density at radius 3 is 2.59 bits per heavy atom. The number of para-hydroxylation sites is 1. The maximum atomic E-state index is 12.3. The fraction of sp³-hybridized carbons (Fsp3) is 0.0526. The highest BCUT2D eigenvalue weighted by Crippen LogP contribution is 2.31. The van der Waals surface area contributed by atoms with Crippen LogP contribution in [0.5, 0.6) is 0 Å². The molecular formula is C19H15Cl2N3O2S. The van der Waals surface area contributed by atoms with Crippen LogP contribution in [0.25, 0.3) is 11.3 Å². The van der Waals surface area contributed by atoms with E-state index < -0.39 is 5.91 Å². The van der Waals surface area contributed by atoms with Gasteiger partial charge in [-0.3, -0.25) is 15.6 Å². The minimum Gasteiger partial charge on any atom is -0.451 e. The van der Waals surface area contributed by atoms with E-state index in [1.54, 1.807) is 30.3 Å². The van der Waals surface area contributed by atoms with Crippen molar-refractivity contribution in [2.45, 2.75) is 6.92 Å². The van der Waals surface area contributed by atoms with Crippen molar-refractivity contribution in [1.82, 2.24) is 10.9 Å². The molecular weight excluding hydrogens is 405 g/mol. The lowest BCUT2D eigenvalue weighted by Gasteiger charge is -2.12. The van der Waals surface area contributed by atoms with Crippen molar-refractivity contribution in [2.75, 3.05) is 5.32 Å². The highest BCUT2D eigenvalue weighted by molar-refractivity contribution is 7.80. The summed E-state index contributed by atoms with van der Waals surface area (Å²) in [6.07, 6.45) is 0. The minimum absolute atomic E-state index is 0.104. The van der Waals surface area contributed by atoms with Crippen LogP contribution >= 0.6 is 35.4 Å². The van der Waals surface area contributed by atoms with Crippen LogP contribution in [0.1, 0.15) is 16.1 Å². The lowest BCUT2D eigenvalue weighted by atomic mass is 10.2. The number of hydrogen-bond acceptors (Lipinski definition) is 3. The molecule has 0 unspecified atom stereocenters. The molecule has 0 fully saturated rings. The summed E-state index contributed by atoms with van der Waals surface area (Å²) in [6, 6.07) is 15.9. The number of hydrazine groups is 1. The van der Waals surface area contributed by atoms with Crippen LogP contribution in [0.15, 0.2) is 59.0 Å². The molecule has 1 heterocycles. The van der Waals surface area contributed by atoms with Crippen LogP contribution in [-0.2, 0) is 0 Å². The summed E-state index contributed by atoms with van der Waals surface area (Å²) < 4.78 is 5.58. The molecule has 0 aliphatic heterocycles. The van der Waals surface area contributed by atoms with E-state index in [1.165, 1.54) is 0 Å². The number of carbonyl (C=O) groups excluding carboxylic acids is 1. The van der Waals surface area contributed by atoms with E-state index in [-0.39, 0.29) is 10.9 Å². The number of carbonyl (C=O) groups is 1. The van der Waals surface area contributed by atoms with Gasteiger partial charge in [-0.15, -0.1) is 0 Å². The molecule has 0 spiro atoms. The van der Waals surface area contributed by atoms with E-state index in [0.717, 1.165) is 11.3 Å². The first-order chi connectivity index (χ1) is 12.9. The van der Waals surface area contributed by atoms with Crippen LogP contribution in [0.4, 0.5) is 5.69 Å². The topological polar surface area (TPSA) is 66.3 Å². The largest absolute Gasteiger partial charge is 0.451 e. The average molecular weight is 420 g/mol. The number of anilines is 1. The molecule has 0 aliphatic rings. The van der Waals surface area contributed by atoms with Crippen molar-refractivity contribution in [1.29, 1.82) is 0 Å². The highest BCUT2D eigenvalue weighted by Gasteiger charge is 2.14. The molecule has 0 aliphatic carbocycles. The van der Waals surface area contributed by atoms with Gasteiger partial charge in [-0.05, 0) is 61.1 Å². The molecule has 2 aromatic carbocycles. The smallest absolute Gasteiger partial charge is 0.305 e. The SMILES string of the molecule is Cc1ccccc1NC(=S)NNC(=O)c1ccc(-c2cc(Cl)ccc2Cl)o1. The number of nitrogens with one attached hydrogen (secondary N) is 3. The second kappa shape index (κ2) is 8.43. The zero-order valence-electron chi connectivity index (χ0n) is 14.2. The van der Waals surface area contributed by atoms with Gasteiger partial charge in [0, 0.05) is 16.3 Å². The van der Waals surface area contributed by atoms with E-state index >= 15 is 0 Å². The minimum atomic E-state index is -0.478. The first-order valence-electron chi connectivity index (χ1n) is 7.92. The van der Waals surface area contributed by atoms with Gasteiger partial charge in [-0.1, -0.05) is 41.4 Å². The van der Waals surface area contributed by atoms with Crippen LogP contribution in [0.3, 0.4) is 0 Å². The number of aryl methyl sites for hydroxylation is 1. The van der Waals surface area contributed by atoms with Gasteiger partial charge in [0.2, 0.25) is 0 Å². The first kappa shape index (κ1) is 19.2. The quantitative estimate of drug-likeness (QED) is 0.402. The Kier molecular flexibility index (Phi) is 6.01. The molecule has 0 saturated carbocycles. The van der Waals surface area contributed by atoms with Gasteiger partial charge in [0.25, 0.3) is 0 Å². The summed E-state index contributed by atoms with van der Waals surface area (Å²) in [4.78, 5) is 12.3. The molecule has 138 valence electrons. The van der Waals surface area contributed by atoms with E-state index in [0.29, 0.717) is 21.4 Å². The summed E-state index contributed by atoms with van der Waals surface area (Å²) in [7, 11) is 0. The maximum absolute atomic E-state index is 12.3. The van der Waals surface area contributed by atoms with Gasteiger partial charge in [0.15, 0.2) is 10.9 Å². The van der Waals surface area contributed by atoms with Crippen LogP contribution in [-0.4, -0.2) is 11.0 Å². The van der Waals surface area contributed by atoms with Crippen molar-refractivity contribution >= 4 is 52.1 Å². The van der Waals surface area contributed by atoms with E-state index in [9.17, 15) is 4.79 Å². The second-order valence-electron chi connectivity index (χ2n) is 5.64. The number of furan rings is 1. The van der Waals surface area contributed by atoms with Gasteiger partial charge >= 0.3 is 5.91 Å². The Bertz CT molecular complexity index is 1000. The molecule has 0 saturated heterocycles. The molecule has 0 radical (unpaired) electrons. The normalized spacial score (nSPS) is 10.3. The third-order valence-corrected chi connectivity index (χ3v) is 4.48. The van der Waals surface area contributed by atoms with Gasteiger partial charge in [0.1, 0.15) is 5.76 Å². The molecule has 1 amide bonds. The van der Waals surface area contributed by atoms with Crippen molar-refractivity contribution < 1.29 is 9.21 Å². The summed E-state index contributed by atoms with van der Waals surface area (Å²) in [5, 5.41) is 4.25. The van der Waals surface area contributed by atoms with Crippen LogP contribution in [0, 0.1) is 6.92 Å². The predicted octanol–water partition coefficient (Wildman–Crippen LogP) is 5.19. The molecule has 5 nitrogen and oxygen atoms in total. The Hall–Kier alpha value is -2.54. The second-order valence-corrected chi connectivity index (χ2v) is 6.89. The number of benzene rings is 2. The molecule has 0 bridgehead atoms. The first-order valence-corrected chi connectivity index (χ1v) is 9.08. The monoisotopic (exact) mass is 419 g/mol. The molecule has 0 atom stereocenters. The zero-order chi connectivity index (χ0) is 19.4. The molecule has 8 heteroatoms. The molecule has 27 heavy (non-hydrogen) atoms. The summed E-state index contributed by atoms with van der Waals surface area (Å²) in [5.74, 6) is 0.0637. The van der Waals surface area contributed by atoms with E-state index in [2.05, 4.69) is 16.2 Å². The zero-order valence-corrected chi connectivity index (χ0v) is 16.5. The maximum Gasteiger partial charge on any atom is 0.305 e. The van der Waals surface area contributed by atoms with E-state index in [1.807, 2.05) is 31.2 Å². The number of halogens is 2. The van der Waals surface area contributed by atoms with Crippen molar-refractivity contribution in [2.24, 2.45) is 0 Å². The number of hydrogen-bond donors (Lipinski definition) is 3. The van der Waals surface area contributed by atoms with Crippen molar-refractivity contribution in [3.8, 4) is 11.3 Å². The van der Waals surface area contributed by atoms with Gasteiger partial charge < -0.3 is 9.73 Å². The third-order valence-electron chi connectivity index (χ3n) is 3.71. The summed E-state index contributed by atoms with van der Waals surface area (Å²) in [6.45, 7) is 1.95. The molecule has 3 aromatic rings.